The smallest absolute Gasteiger partial charge is 0.317 e. The van der Waals surface area contributed by atoms with Crippen LogP contribution in [0.25, 0.3) is 0 Å². The average Bonchev–Trinajstić information content (AvgIpc) is 2.58. The molecule has 0 N–H and O–H groups in total. The largest absolute Gasteiger partial charge is 0.422 e. The summed E-state index contributed by atoms with van der Waals surface area (Å²) in [5.41, 5.74) is 0.265. The summed E-state index contributed by atoms with van der Waals surface area (Å²) in [6, 6.07) is 6.68. The number of esters is 1. The lowest BCUT2D eigenvalue weighted by Gasteiger charge is -2.55. The van der Waals surface area contributed by atoms with Crippen molar-refractivity contribution < 1.29 is 19.1 Å². The molecule has 25 heavy (non-hydrogen) atoms. The van der Waals surface area contributed by atoms with Gasteiger partial charge >= 0.3 is 5.97 Å². The van der Waals surface area contributed by atoms with Gasteiger partial charge in [0.25, 0.3) is 0 Å². The minimum absolute atomic E-state index is 0.107. The number of rotatable bonds is 2. The summed E-state index contributed by atoms with van der Waals surface area (Å²) in [6.45, 7) is 0. The van der Waals surface area contributed by atoms with E-state index in [1.165, 1.54) is 25.3 Å². The Hall–Kier alpha value is -2.23. The van der Waals surface area contributed by atoms with E-state index in [0.29, 0.717) is 28.9 Å². The highest BCUT2D eigenvalue weighted by Crippen LogP contribution is 2.60. The van der Waals surface area contributed by atoms with Gasteiger partial charge in [-0.1, -0.05) is 24.3 Å². The highest BCUT2D eigenvalue weighted by molar-refractivity contribution is 6.24. The Labute approximate surface area is 146 Å². The zero-order valence-electron chi connectivity index (χ0n) is 14.0. The third kappa shape index (κ3) is 2.23. The van der Waals surface area contributed by atoms with Crippen LogP contribution in [0.5, 0.6) is 0 Å². The summed E-state index contributed by atoms with van der Waals surface area (Å²) in [5.74, 6) is 0.825. The fourth-order valence-corrected chi connectivity index (χ4v) is 5.94. The minimum Gasteiger partial charge on any atom is -0.422 e. The Morgan fingerprint density at radius 1 is 0.920 bits per heavy atom. The molecule has 0 saturated heterocycles. The average molecular weight is 336 g/mol. The van der Waals surface area contributed by atoms with Gasteiger partial charge in [-0.15, -0.1) is 0 Å². The van der Waals surface area contributed by atoms with Crippen LogP contribution in [0.1, 0.15) is 59.2 Å². The van der Waals surface area contributed by atoms with Gasteiger partial charge in [-0.3, -0.25) is 14.4 Å². The Kier molecular flexibility index (Phi) is 3.09. The van der Waals surface area contributed by atoms with Crippen LogP contribution >= 0.6 is 0 Å². The lowest BCUT2D eigenvalue weighted by molar-refractivity contribution is -0.166. The second kappa shape index (κ2) is 5.13. The molecule has 4 nitrogen and oxygen atoms in total. The number of ketones is 2. The number of benzene rings is 1. The van der Waals surface area contributed by atoms with Gasteiger partial charge in [0.1, 0.15) is 0 Å². The maximum Gasteiger partial charge on any atom is 0.317 e. The van der Waals surface area contributed by atoms with Gasteiger partial charge in [0.2, 0.25) is 5.78 Å². The molecule has 0 unspecified atom stereocenters. The second-order valence-corrected chi connectivity index (χ2v) is 8.33. The number of carbonyl (C=O) groups is 3. The van der Waals surface area contributed by atoms with E-state index in [0.717, 1.165) is 19.3 Å². The first-order chi connectivity index (χ1) is 12.0. The van der Waals surface area contributed by atoms with Gasteiger partial charge in [0.15, 0.2) is 11.5 Å². The van der Waals surface area contributed by atoms with Gasteiger partial charge in [-0.2, -0.15) is 0 Å². The highest BCUT2D eigenvalue weighted by atomic mass is 16.5. The van der Waals surface area contributed by atoms with E-state index in [2.05, 4.69) is 0 Å². The Balaban J connectivity index is 1.42. The molecule has 4 bridgehead atoms. The van der Waals surface area contributed by atoms with Gasteiger partial charge in [-0.05, 0) is 56.3 Å². The number of ether oxygens (including phenoxy) is 1. The number of allylic oxidation sites excluding steroid dienone is 2. The maximum atomic E-state index is 13.0. The molecule has 0 aromatic heterocycles. The van der Waals surface area contributed by atoms with Gasteiger partial charge < -0.3 is 4.74 Å². The van der Waals surface area contributed by atoms with E-state index >= 15 is 0 Å². The van der Waals surface area contributed by atoms with E-state index in [1.54, 1.807) is 24.3 Å². The maximum absolute atomic E-state index is 13.0. The first-order valence-electron chi connectivity index (χ1n) is 9.16. The molecule has 0 amide bonds. The summed E-state index contributed by atoms with van der Waals surface area (Å²) >= 11 is 0. The number of fused-ring (bicyclic) bond motifs is 1. The molecule has 0 spiro atoms. The SMILES string of the molecule is O=C1C=C(OC(=O)C23CC4CC(CC(C4)C2)C3)C(=O)c2ccccc21. The molecular weight excluding hydrogens is 316 g/mol. The Morgan fingerprint density at radius 3 is 2.08 bits per heavy atom. The predicted octanol–water partition coefficient (Wildman–Crippen LogP) is 3.71. The quantitative estimate of drug-likeness (QED) is 0.773. The Morgan fingerprint density at radius 2 is 1.48 bits per heavy atom. The van der Waals surface area contributed by atoms with Crippen LogP contribution in [-0.2, 0) is 9.53 Å². The summed E-state index contributed by atoms with van der Waals surface area (Å²) in [6.07, 6.45) is 7.53. The zero-order valence-corrected chi connectivity index (χ0v) is 14.0. The van der Waals surface area contributed by atoms with Crippen LogP contribution in [0.3, 0.4) is 0 Å². The van der Waals surface area contributed by atoms with Gasteiger partial charge in [-0.25, -0.2) is 0 Å². The van der Waals surface area contributed by atoms with Gasteiger partial charge in [0, 0.05) is 17.2 Å². The predicted molar refractivity (Wildman–Crippen MR) is 89.9 cm³/mol. The van der Waals surface area contributed by atoms with Crippen molar-refractivity contribution in [3.8, 4) is 0 Å². The van der Waals surface area contributed by atoms with Crippen LogP contribution in [0.2, 0.25) is 0 Å². The van der Waals surface area contributed by atoms with Gasteiger partial charge in [0.05, 0.1) is 5.41 Å². The molecule has 0 aliphatic heterocycles. The van der Waals surface area contributed by atoms with E-state index in [9.17, 15) is 14.4 Å². The van der Waals surface area contributed by atoms with E-state index in [4.69, 9.17) is 4.74 Å². The van der Waals surface area contributed by atoms with Crippen LogP contribution in [0.4, 0.5) is 0 Å². The minimum atomic E-state index is -0.435. The van der Waals surface area contributed by atoms with Crippen LogP contribution < -0.4 is 0 Å². The van der Waals surface area contributed by atoms with Crippen LogP contribution in [-0.4, -0.2) is 17.5 Å². The van der Waals surface area contributed by atoms with Crippen LogP contribution in [0.15, 0.2) is 36.1 Å². The summed E-state index contributed by atoms with van der Waals surface area (Å²) in [7, 11) is 0. The lowest BCUT2D eigenvalue weighted by atomic mass is 9.49. The van der Waals surface area contributed by atoms with E-state index < -0.39 is 5.41 Å². The van der Waals surface area contributed by atoms with Crippen molar-refractivity contribution in [2.45, 2.75) is 38.5 Å². The van der Waals surface area contributed by atoms with Crippen molar-refractivity contribution in [3.63, 3.8) is 0 Å². The van der Waals surface area contributed by atoms with Crippen molar-refractivity contribution in [1.82, 2.24) is 0 Å². The number of carbonyl (C=O) groups excluding carboxylic acids is 3. The molecule has 1 aromatic carbocycles. The molecule has 1 aromatic rings. The van der Waals surface area contributed by atoms with Crippen molar-refractivity contribution in [2.75, 3.05) is 0 Å². The molecule has 5 aliphatic carbocycles. The molecule has 4 heteroatoms. The third-order valence-corrected chi connectivity index (χ3v) is 6.60. The molecule has 6 rings (SSSR count). The monoisotopic (exact) mass is 336 g/mol. The fourth-order valence-electron chi connectivity index (χ4n) is 5.94. The zero-order chi connectivity index (χ0) is 17.2. The highest BCUT2D eigenvalue weighted by Gasteiger charge is 2.56. The van der Waals surface area contributed by atoms with Crippen molar-refractivity contribution in [3.05, 3.63) is 47.2 Å². The molecule has 0 radical (unpaired) electrons. The van der Waals surface area contributed by atoms with Crippen LogP contribution in [0, 0.1) is 23.2 Å². The molecule has 0 atom stereocenters. The second-order valence-electron chi connectivity index (χ2n) is 8.33. The molecule has 4 saturated carbocycles. The molecule has 4 fully saturated rings. The summed E-state index contributed by atoms with van der Waals surface area (Å²) in [5, 5.41) is 0. The summed E-state index contributed by atoms with van der Waals surface area (Å²) < 4.78 is 5.57. The molecule has 0 heterocycles. The van der Waals surface area contributed by atoms with E-state index in [-0.39, 0.29) is 23.3 Å². The fraction of sp³-hybridized carbons (Fsp3) is 0.476. The first-order valence-corrected chi connectivity index (χ1v) is 9.16. The topological polar surface area (TPSA) is 60.4 Å². The van der Waals surface area contributed by atoms with Crippen molar-refractivity contribution in [2.24, 2.45) is 23.2 Å². The van der Waals surface area contributed by atoms with E-state index in [1.807, 2.05) is 0 Å². The number of hydrogen-bond donors (Lipinski definition) is 0. The molecular formula is C21H20O4. The van der Waals surface area contributed by atoms with Crippen molar-refractivity contribution in [1.29, 1.82) is 0 Å². The Bertz CT molecular complexity index is 797. The molecule has 5 aliphatic rings. The number of Topliss-reactive ketones (excluding diaryl/α,β-unsaturated/α-hetero) is 1. The number of hydrogen-bond acceptors (Lipinski definition) is 4. The standard InChI is InChI=1S/C21H20O4/c22-17-8-18(19(23)16-4-2-1-3-15(16)17)25-20(24)21-9-12-5-13(10-21)7-14(6-12)11-21/h1-4,8,12-14H,5-7,9-11H2. The normalized spacial score (nSPS) is 35.4. The third-order valence-electron chi connectivity index (χ3n) is 6.60. The first kappa shape index (κ1) is 15.1. The summed E-state index contributed by atoms with van der Waals surface area (Å²) in [4.78, 5) is 37.9. The van der Waals surface area contributed by atoms with Crippen molar-refractivity contribution >= 4 is 17.5 Å². The molecule has 128 valence electrons. The lowest BCUT2D eigenvalue weighted by Crippen LogP contribution is -2.50.